The van der Waals surface area contributed by atoms with Crippen LogP contribution in [0, 0.1) is 17.5 Å². The van der Waals surface area contributed by atoms with Crippen LogP contribution in [-0.4, -0.2) is 7.05 Å². The van der Waals surface area contributed by atoms with E-state index in [4.69, 9.17) is 11.6 Å². The second-order valence-electron chi connectivity index (χ2n) is 4.06. The third-order valence-corrected chi connectivity index (χ3v) is 3.13. The van der Waals surface area contributed by atoms with E-state index in [1.807, 2.05) is 0 Å². The molecule has 1 atom stereocenters. The van der Waals surface area contributed by atoms with Crippen LogP contribution in [0.2, 0.25) is 5.02 Å². The first kappa shape index (κ1) is 13.9. The molecular weight excluding hydrogens is 275 g/mol. The molecule has 2 aromatic carbocycles. The van der Waals surface area contributed by atoms with E-state index in [9.17, 15) is 13.2 Å². The molecule has 1 N–H and O–H groups in total. The van der Waals surface area contributed by atoms with Crippen molar-refractivity contribution in [1.29, 1.82) is 0 Å². The van der Waals surface area contributed by atoms with Gasteiger partial charge in [-0.25, -0.2) is 13.2 Å². The molecule has 0 heterocycles. The molecule has 1 nitrogen and oxygen atoms in total. The maximum atomic E-state index is 13.9. The lowest BCUT2D eigenvalue weighted by Crippen LogP contribution is -2.19. The Bertz CT molecular complexity index is 584. The Morgan fingerprint density at radius 1 is 1.00 bits per heavy atom. The summed E-state index contributed by atoms with van der Waals surface area (Å²) in [4.78, 5) is 0. The van der Waals surface area contributed by atoms with E-state index in [2.05, 4.69) is 5.32 Å². The fraction of sp³-hybridized carbons (Fsp3) is 0.143. The van der Waals surface area contributed by atoms with Crippen molar-refractivity contribution in [3.05, 3.63) is 70.0 Å². The van der Waals surface area contributed by atoms with Crippen molar-refractivity contribution in [2.75, 3.05) is 7.05 Å². The van der Waals surface area contributed by atoms with E-state index in [0.29, 0.717) is 5.56 Å². The van der Waals surface area contributed by atoms with Gasteiger partial charge in [0, 0.05) is 5.56 Å². The van der Waals surface area contributed by atoms with Crippen LogP contribution in [0.1, 0.15) is 17.2 Å². The number of rotatable bonds is 3. The highest BCUT2D eigenvalue weighted by atomic mass is 35.5. The van der Waals surface area contributed by atoms with Crippen molar-refractivity contribution in [1.82, 2.24) is 5.32 Å². The summed E-state index contributed by atoms with van der Waals surface area (Å²) in [5.74, 6) is -1.70. The molecule has 0 aliphatic carbocycles. The standard InChI is InChI=1S/C14H11ClF3N/c1-19-14(8-2-4-9(16)5-3-8)10-6-13(18)11(15)7-12(10)17/h2-7,14,19H,1H3. The van der Waals surface area contributed by atoms with Gasteiger partial charge in [0.2, 0.25) is 0 Å². The summed E-state index contributed by atoms with van der Waals surface area (Å²) in [6, 6.07) is 6.97. The number of hydrogen-bond acceptors (Lipinski definition) is 1. The fourth-order valence-corrected chi connectivity index (χ4v) is 2.07. The molecule has 0 bridgehead atoms. The predicted octanol–water partition coefficient (Wildman–Crippen LogP) is 4.07. The highest BCUT2D eigenvalue weighted by Crippen LogP contribution is 2.28. The van der Waals surface area contributed by atoms with Gasteiger partial charge >= 0.3 is 0 Å². The van der Waals surface area contributed by atoms with Crippen molar-refractivity contribution < 1.29 is 13.2 Å². The molecule has 1 unspecified atom stereocenters. The summed E-state index contributed by atoms with van der Waals surface area (Å²) in [6.45, 7) is 0. The molecule has 0 spiro atoms. The average Bonchev–Trinajstić information content (AvgIpc) is 2.38. The number of nitrogens with one attached hydrogen (secondary N) is 1. The minimum Gasteiger partial charge on any atom is -0.309 e. The first-order valence-corrected chi connectivity index (χ1v) is 5.98. The topological polar surface area (TPSA) is 12.0 Å². The second-order valence-corrected chi connectivity index (χ2v) is 4.47. The Morgan fingerprint density at radius 2 is 1.63 bits per heavy atom. The molecule has 0 radical (unpaired) electrons. The zero-order chi connectivity index (χ0) is 14.0. The Kier molecular flexibility index (Phi) is 4.12. The first-order valence-electron chi connectivity index (χ1n) is 5.60. The third-order valence-electron chi connectivity index (χ3n) is 2.84. The van der Waals surface area contributed by atoms with Crippen LogP contribution in [0.5, 0.6) is 0 Å². The summed E-state index contributed by atoms with van der Waals surface area (Å²) < 4.78 is 40.2. The predicted molar refractivity (Wildman–Crippen MR) is 68.7 cm³/mol. The lowest BCUT2D eigenvalue weighted by Gasteiger charge is -2.18. The monoisotopic (exact) mass is 285 g/mol. The lowest BCUT2D eigenvalue weighted by atomic mass is 9.98. The molecule has 100 valence electrons. The molecule has 0 saturated carbocycles. The zero-order valence-electron chi connectivity index (χ0n) is 10.1. The fourth-order valence-electron chi connectivity index (χ4n) is 1.92. The van der Waals surface area contributed by atoms with Crippen LogP contribution in [0.25, 0.3) is 0 Å². The molecule has 0 saturated heterocycles. The summed E-state index contributed by atoms with van der Waals surface area (Å²) in [5.41, 5.74) is 0.750. The second kappa shape index (κ2) is 5.63. The van der Waals surface area contributed by atoms with Crippen molar-refractivity contribution >= 4 is 11.6 Å². The van der Waals surface area contributed by atoms with Gasteiger partial charge in [-0.1, -0.05) is 23.7 Å². The van der Waals surface area contributed by atoms with Crippen LogP contribution >= 0.6 is 11.6 Å². The van der Waals surface area contributed by atoms with Crippen LogP contribution < -0.4 is 5.32 Å². The van der Waals surface area contributed by atoms with Crippen molar-refractivity contribution in [2.24, 2.45) is 0 Å². The maximum absolute atomic E-state index is 13.9. The van der Waals surface area contributed by atoms with E-state index < -0.39 is 17.7 Å². The van der Waals surface area contributed by atoms with Crippen LogP contribution in [0.15, 0.2) is 36.4 Å². The molecule has 2 aromatic rings. The van der Waals surface area contributed by atoms with Crippen molar-refractivity contribution in [3.63, 3.8) is 0 Å². The molecule has 0 aromatic heterocycles. The minimum absolute atomic E-state index is 0.121. The van der Waals surface area contributed by atoms with Gasteiger partial charge in [-0.3, -0.25) is 0 Å². The van der Waals surface area contributed by atoms with Gasteiger partial charge in [0.15, 0.2) is 0 Å². The van der Waals surface area contributed by atoms with E-state index in [1.54, 1.807) is 7.05 Å². The van der Waals surface area contributed by atoms with Crippen LogP contribution in [0.3, 0.4) is 0 Å². The van der Waals surface area contributed by atoms with Gasteiger partial charge in [0.25, 0.3) is 0 Å². The van der Waals surface area contributed by atoms with Gasteiger partial charge in [-0.05, 0) is 36.9 Å². The third kappa shape index (κ3) is 2.91. The molecule has 0 amide bonds. The molecule has 19 heavy (non-hydrogen) atoms. The largest absolute Gasteiger partial charge is 0.309 e. The molecule has 5 heteroatoms. The number of hydrogen-bond donors (Lipinski definition) is 1. The first-order chi connectivity index (χ1) is 9.02. The average molecular weight is 286 g/mol. The quantitative estimate of drug-likeness (QED) is 0.839. The summed E-state index contributed by atoms with van der Waals surface area (Å²) in [5, 5.41) is 2.60. The highest BCUT2D eigenvalue weighted by molar-refractivity contribution is 6.30. The van der Waals surface area contributed by atoms with Gasteiger partial charge in [-0.15, -0.1) is 0 Å². The zero-order valence-corrected chi connectivity index (χ0v) is 10.8. The van der Waals surface area contributed by atoms with E-state index in [1.165, 1.54) is 24.3 Å². The van der Waals surface area contributed by atoms with Gasteiger partial charge in [0.05, 0.1) is 11.1 Å². The van der Waals surface area contributed by atoms with Crippen molar-refractivity contribution in [2.45, 2.75) is 6.04 Å². The highest BCUT2D eigenvalue weighted by Gasteiger charge is 2.18. The lowest BCUT2D eigenvalue weighted by molar-refractivity contribution is 0.557. The van der Waals surface area contributed by atoms with E-state index in [-0.39, 0.29) is 16.4 Å². The Labute approximate surface area is 114 Å². The number of benzene rings is 2. The minimum atomic E-state index is -0.694. The van der Waals surface area contributed by atoms with E-state index >= 15 is 0 Å². The van der Waals surface area contributed by atoms with Crippen LogP contribution in [-0.2, 0) is 0 Å². The normalized spacial score (nSPS) is 12.5. The molecule has 0 aliphatic rings. The molecular formula is C14H11ClF3N. The molecule has 0 aliphatic heterocycles. The number of halogens is 4. The van der Waals surface area contributed by atoms with E-state index in [0.717, 1.165) is 12.1 Å². The van der Waals surface area contributed by atoms with Gasteiger partial charge in [-0.2, -0.15) is 0 Å². The van der Waals surface area contributed by atoms with Gasteiger partial charge < -0.3 is 5.32 Å². The smallest absolute Gasteiger partial charge is 0.142 e. The Morgan fingerprint density at radius 3 is 2.21 bits per heavy atom. The maximum Gasteiger partial charge on any atom is 0.142 e. The molecule has 2 rings (SSSR count). The van der Waals surface area contributed by atoms with Crippen molar-refractivity contribution in [3.8, 4) is 0 Å². The Hall–Kier alpha value is -1.52. The Balaban J connectivity index is 2.47. The summed E-state index contributed by atoms with van der Waals surface area (Å²) >= 11 is 5.52. The van der Waals surface area contributed by atoms with Crippen LogP contribution in [0.4, 0.5) is 13.2 Å². The SMILES string of the molecule is CNC(c1ccc(F)cc1)c1cc(F)c(Cl)cc1F. The molecule has 0 fully saturated rings. The summed E-state index contributed by atoms with van der Waals surface area (Å²) in [7, 11) is 1.61. The van der Waals surface area contributed by atoms with Gasteiger partial charge in [0.1, 0.15) is 17.5 Å². The summed E-state index contributed by atoms with van der Waals surface area (Å²) in [6.07, 6.45) is 0.